The largest absolute Gasteiger partial charge is 0.380 e. The first-order chi connectivity index (χ1) is 10.1. The van der Waals surface area contributed by atoms with E-state index in [1.165, 1.54) is 25.7 Å². The molecule has 1 atom stereocenters. The van der Waals surface area contributed by atoms with Crippen LogP contribution in [0.1, 0.15) is 37.6 Å². The highest BCUT2D eigenvalue weighted by Gasteiger charge is 2.45. The Morgan fingerprint density at radius 1 is 1.29 bits per heavy atom. The Kier molecular flexibility index (Phi) is 4.47. The van der Waals surface area contributed by atoms with E-state index in [-0.39, 0.29) is 0 Å². The summed E-state index contributed by atoms with van der Waals surface area (Å²) in [6, 6.07) is 0.597. The van der Waals surface area contributed by atoms with Crippen molar-refractivity contribution in [3.8, 4) is 0 Å². The zero-order valence-corrected chi connectivity index (χ0v) is 14.2. The number of nitrogens with zero attached hydrogens (tertiary/aromatic N) is 4. The number of likely N-dealkylation sites (tertiary alicyclic amines) is 1. The number of ether oxygens (including phenoxy) is 1. The normalized spacial score (nSPS) is 25.9. The Bertz CT molecular complexity index is 470. The van der Waals surface area contributed by atoms with E-state index in [9.17, 15) is 0 Å². The molecule has 0 N–H and O–H groups in total. The lowest BCUT2D eigenvalue weighted by Crippen LogP contribution is -2.53. The number of anilines is 1. The average molecular weight is 310 g/mol. The minimum absolute atomic E-state index is 0.387. The van der Waals surface area contributed by atoms with Gasteiger partial charge in [-0.1, -0.05) is 11.3 Å². The van der Waals surface area contributed by atoms with Gasteiger partial charge in [-0.3, -0.25) is 4.90 Å². The van der Waals surface area contributed by atoms with Crippen molar-refractivity contribution in [1.29, 1.82) is 0 Å². The standard InChI is InChI=1S/C15H26N4OS/c1-4-20-11-13-5-6-15(18(13)3)7-9-19(10-8-15)14-17-16-12(2)21-14/h13H,4-11H2,1-3H3/t13-/m1/s1. The molecule has 0 saturated carbocycles. The maximum Gasteiger partial charge on any atom is 0.208 e. The highest BCUT2D eigenvalue weighted by atomic mass is 32.1. The minimum Gasteiger partial charge on any atom is -0.380 e. The van der Waals surface area contributed by atoms with E-state index in [1.54, 1.807) is 11.3 Å². The van der Waals surface area contributed by atoms with Crippen LogP contribution in [0, 0.1) is 6.92 Å². The van der Waals surface area contributed by atoms with E-state index in [0.717, 1.165) is 36.4 Å². The number of rotatable bonds is 4. The fraction of sp³-hybridized carbons (Fsp3) is 0.867. The zero-order chi connectivity index (χ0) is 14.9. The van der Waals surface area contributed by atoms with Crippen molar-refractivity contribution < 1.29 is 4.74 Å². The summed E-state index contributed by atoms with van der Waals surface area (Å²) in [5.41, 5.74) is 0.387. The summed E-state index contributed by atoms with van der Waals surface area (Å²) in [7, 11) is 2.29. The van der Waals surface area contributed by atoms with Gasteiger partial charge in [0.1, 0.15) is 5.01 Å². The van der Waals surface area contributed by atoms with Crippen molar-refractivity contribution in [2.24, 2.45) is 0 Å². The molecule has 5 nitrogen and oxygen atoms in total. The van der Waals surface area contributed by atoms with Gasteiger partial charge < -0.3 is 9.64 Å². The predicted molar refractivity (Wildman–Crippen MR) is 86.1 cm³/mol. The number of piperidine rings is 1. The third-order valence-corrected chi connectivity index (χ3v) is 6.13. The molecule has 0 radical (unpaired) electrons. The topological polar surface area (TPSA) is 41.5 Å². The fourth-order valence-corrected chi connectivity index (χ4v) is 4.51. The molecule has 118 valence electrons. The van der Waals surface area contributed by atoms with Gasteiger partial charge >= 0.3 is 0 Å². The summed E-state index contributed by atoms with van der Waals surface area (Å²) in [6.45, 7) is 8.00. The van der Waals surface area contributed by atoms with E-state index in [0.29, 0.717) is 11.6 Å². The molecule has 2 aliphatic heterocycles. The molecule has 2 fully saturated rings. The molecule has 0 amide bonds. The molecule has 0 aliphatic carbocycles. The van der Waals surface area contributed by atoms with Crippen molar-refractivity contribution in [3.63, 3.8) is 0 Å². The summed E-state index contributed by atoms with van der Waals surface area (Å²) < 4.78 is 5.65. The Labute approximate surface area is 131 Å². The molecule has 0 bridgehead atoms. The fourth-order valence-electron chi connectivity index (χ4n) is 3.77. The van der Waals surface area contributed by atoms with Gasteiger partial charge in [0, 0.05) is 31.3 Å². The smallest absolute Gasteiger partial charge is 0.208 e. The first-order valence-electron chi connectivity index (χ1n) is 8.00. The first kappa shape index (κ1) is 15.2. The summed E-state index contributed by atoms with van der Waals surface area (Å²) in [6.07, 6.45) is 5.04. The van der Waals surface area contributed by atoms with E-state index in [1.807, 2.05) is 6.92 Å². The van der Waals surface area contributed by atoms with Gasteiger partial charge in [0.2, 0.25) is 5.13 Å². The van der Waals surface area contributed by atoms with Crippen molar-refractivity contribution in [1.82, 2.24) is 15.1 Å². The highest BCUT2D eigenvalue weighted by Crippen LogP contribution is 2.41. The molecule has 1 aromatic rings. The highest BCUT2D eigenvalue weighted by molar-refractivity contribution is 7.15. The number of hydrogen-bond acceptors (Lipinski definition) is 6. The third-order valence-electron chi connectivity index (χ3n) is 5.23. The number of likely N-dealkylation sites (N-methyl/N-ethyl adjacent to an activating group) is 1. The van der Waals surface area contributed by atoms with Gasteiger partial charge in [0.25, 0.3) is 0 Å². The Morgan fingerprint density at radius 3 is 2.67 bits per heavy atom. The second kappa shape index (κ2) is 6.18. The van der Waals surface area contributed by atoms with Crippen molar-refractivity contribution >= 4 is 16.5 Å². The lowest BCUT2D eigenvalue weighted by Gasteiger charge is -2.44. The molecule has 6 heteroatoms. The second-order valence-corrected chi connectivity index (χ2v) is 7.44. The van der Waals surface area contributed by atoms with Crippen LogP contribution in [0.3, 0.4) is 0 Å². The third kappa shape index (κ3) is 2.94. The molecule has 1 aromatic heterocycles. The van der Waals surface area contributed by atoms with Crippen molar-refractivity contribution in [3.05, 3.63) is 5.01 Å². The number of hydrogen-bond donors (Lipinski definition) is 0. The zero-order valence-electron chi connectivity index (χ0n) is 13.3. The molecule has 21 heavy (non-hydrogen) atoms. The van der Waals surface area contributed by atoms with Gasteiger partial charge in [-0.15, -0.1) is 10.2 Å². The summed E-state index contributed by atoms with van der Waals surface area (Å²) in [5, 5.41) is 10.6. The Balaban J connectivity index is 1.60. The van der Waals surface area contributed by atoms with Crippen LogP contribution in [0.25, 0.3) is 0 Å². The van der Waals surface area contributed by atoms with Gasteiger partial charge in [0.15, 0.2) is 0 Å². The number of aryl methyl sites for hydroxylation is 1. The van der Waals surface area contributed by atoms with Crippen LogP contribution in [-0.2, 0) is 4.74 Å². The molecule has 3 rings (SSSR count). The van der Waals surface area contributed by atoms with Crippen molar-refractivity contribution in [2.45, 2.75) is 51.1 Å². The monoisotopic (exact) mass is 310 g/mol. The van der Waals surface area contributed by atoms with Crippen LogP contribution in [-0.4, -0.2) is 60.0 Å². The second-order valence-electron chi connectivity index (χ2n) is 6.28. The van der Waals surface area contributed by atoms with Gasteiger partial charge in [-0.2, -0.15) is 0 Å². The molecular formula is C15H26N4OS. The van der Waals surface area contributed by atoms with Crippen LogP contribution in [0.15, 0.2) is 0 Å². The lowest BCUT2D eigenvalue weighted by atomic mass is 9.85. The van der Waals surface area contributed by atoms with E-state index in [4.69, 9.17) is 4.74 Å². The molecule has 1 spiro atoms. The van der Waals surface area contributed by atoms with E-state index in [2.05, 4.69) is 34.0 Å². The van der Waals surface area contributed by atoms with Crippen LogP contribution in [0.2, 0.25) is 0 Å². The summed E-state index contributed by atoms with van der Waals surface area (Å²) >= 11 is 1.71. The van der Waals surface area contributed by atoms with Crippen LogP contribution < -0.4 is 4.90 Å². The van der Waals surface area contributed by atoms with E-state index < -0.39 is 0 Å². The predicted octanol–water partition coefficient (Wildman–Crippen LogP) is 2.32. The van der Waals surface area contributed by atoms with E-state index >= 15 is 0 Å². The molecule has 0 aromatic carbocycles. The molecule has 2 saturated heterocycles. The summed E-state index contributed by atoms with van der Waals surface area (Å²) in [5.74, 6) is 0. The van der Waals surface area contributed by atoms with Crippen molar-refractivity contribution in [2.75, 3.05) is 38.3 Å². The quantitative estimate of drug-likeness (QED) is 0.854. The van der Waals surface area contributed by atoms with Gasteiger partial charge in [-0.05, 0) is 46.6 Å². The molecular weight excluding hydrogens is 284 g/mol. The van der Waals surface area contributed by atoms with Gasteiger partial charge in [-0.25, -0.2) is 0 Å². The van der Waals surface area contributed by atoms with Crippen LogP contribution >= 0.6 is 11.3 Å². The molecule has 3 heterocycles. The van der Waals surface area contributed by atoms with Crippen LogP contribution in [0.4, 0.5) is 5.13 Å². The summed E-state index contributed by atoms with van der Waals surface area (Å²) in [4.78, 5) is 5.00. The SMILES string of the molecule is CCOC[C@H]1CCC2(CCN(c3nnc(C)s3)CC2)N1C. The first-order valence-corrected chi connectivity index (χ1v) is 8.82. The minimum atomic E-state index is 0.387. The lowest BCUT2D eigenvalue weighted by molar-refractivity contribution is 0.0462. The molecule has 0 unspecified atom stereocenters. The maximum atomic E-state index is 5.65. The molecule has 2 aliphatic rings. The number of aromatic nitrogens is 2. The Morgan fingerprint density at radius 2 is 2.05 bits per heavy atom. The van der Waals surface area contributed by atoms with Gasteiger partial charge in [0.05, 0.1) is 6.61 Å². The maximum absolute atomic E-state index is 5.65. The van der Waals surface area contributed by atoms with Crippen LogP contribution in [0.5, 0.6) is 0 Å². The average Bonchev–Trinajstić information content (AvgIpc) is 3.05. The Hall–Kier alpha value is -0.720.